The van der Waals surface area contributed by atoms with Crippen LogP contribution in [0.4, 0.5) is 0 Å². The van der Waals surface area contributed by atoms with E-state index in [0.29, 0.717) is 5.75 Å². The Kier molecular flexibility index (Phi) is 4.16. The van der Waals surface area contributed by atoms with Gasteiger partial charge in [0.1, 0.15) is 11.3 Å². The second-order valence-corrected chi connectivity index (χ2v) is 5.35. The van der Waals surface area contributed by atoms with Crippen LogP contribution in [0.1, 0.15) is 18.7 Å². The van der Waals surface area contributed by atoms with Crippen LogP contribution in [-0.4, -0.2) is 21.9 Å². The van der Waals surface area contributed by atoms with Crippen LogP contribution in [-0.2, 0) is 4.79 Å². The van der Waals surface area contributed by atoms with E-state index in [1.54, 1.807) is 17.8 Å². The first kappa shape index (κ1) is 12.1. The molecule has 0 aliphatic carbocycles. The highest BCUT2D eigenvalue weighted by Crippen LogP contribution is 2.19. The Balaban J connectivity index is 1.77. The predicted molar refractivity (Wildman–Crippen MR) is 65.9 cm³/mol. The Morgan fingerprint density at radius 2 is 2.59 bits per heavy atom. The lowest BCUT2D eigenvalue weighted by atomic mass is 10.2. The van der Waals surface area contributed by atoms with Crippen LogP contribution in [0.15, 0.2) is 32.7 Å². The van der Waals surface area contributed by atoms with Gasteiger partial charge in [-0.1, -0.05) is 23.1 Å². The molecule has 1 atom stereocenters. The van der Waals surface area contributed by atoms with Gasteiger partial charge < -0.3 is 9.73 Å². The van der Waals surface area contributed by atoms with E-state index in [9.17, 15) is 4.79 Å². The molecule has 0 saturated heterocycles. The lowest BCUT2D eigenvalue weighted by Crippen LogP contribution is -2.27. The lowest BCUT2D eigenvalue weighted by molar-refractivity contribution is -0.119. The van der Waals surface area contributed by atoms with Gasteiger partial charge in [-0.2, -0.15) is 0 Å². The Bertz CT molecular complexity index is 456. The first-order chi connectivity index (χ1) is 8.25. The molecule has 0 saturated carbocycles. The summed E-state index contributed by atoms with van der Waals surface area (Å²) in [6.07, 6.45) is 1.59. The summed E-state index contributed by atoms with van der Waals surface area (Å²) in [6.45, 7) is 1.88. The van der Waals surface area contributed by atoms with Gasteiger partial charge in [0, 0.05) is 0 Å². The molecular weight excluding hydrogens is 258 g/mol. The topological polar surface area (TPSA) is 68.0 Å². The normalized spacial score (nSPS) is 12.3. The molecule has 0 fully saturated rings. The third-order valence-electron chi connectivity index (χ3n) is 2.01. The largest absolute Gasteiger partial charge is 0.467 e. The second-order valence-electron chi connectivity index (χ2n) is 3.30. The van der Waals surface area contributed by atoms with E-state index in [4.69, 9.17) is 4.42 Å². The van der Waals surface area contributed by atoms with Crippen molar-refractivity contribution in [1.82, 2.24) is 15.5 Å². The number of nitrogens with one attached hydrogen (secondary N) is 1. The molecule has 0 spiro atoms. The lowest BCUT2D eigenvalue weighted by Gasteiger charge is -2.10. The third kappa shape index (κ3) is 3.57. The summed E-state index contributed by atoms with van der Waals surface area (Å²) >= 11 is 2.80. The number of nitrogens with zero attached hydrogens (tertiary/aromatic N) is 2. The van der Waals surface area contributed by atoms with Crippen LogP contribution in [0.25, 0.3) is 0 Å². The highest BCUT2D eigenvalue weighted by Gasteiger charge is 2.12. The summed E-state index contributed by atoms with van der Waals surface area (Å²) < 4.78 is 6.00. The number of rotatable bonds is 5. The van der Waals surface area contributed by atoms with E-state index in [2.05, 4.69) is 15.5 Å². The average Bonchev–Trinajstić information content (AvgIpc) is 2.99. The van der Waals surface area contributed by atoms with Gasteiger partial charge in [-0.15, -0.1) is 10.2 Å². The standard InChI is InChI=1S/C10H11N3O2S2/c1-7(8-3-2-4-15-8)12-9(14)5-16-10-13-11-6-17-10/h2-4,6-7H,5H2,1H3,(H,12,14). The van der Waals surface area contributed by atoms with Gasteiger partial charge >= 0.3 is 0 Å². The van der Waals surface area contributed by atoms with Crippen molar-refractivity contribution in [3.63, 3.8) is 0 Å². The minimum Gasteiger partial charge on any atom is -0.467 e. The van der Waals surface area contributed by atoms with Crippen molar-refractivity contribution in [2.24, 2.45) is 0 Å². The van der Waals surface area contributed by atoms with E-state index in [-0.39, 0.29) is 11.9 Å². The van der Waals surface area contributed by atoms with Crippen LogP contribution in [0.5, 0.6) is 0 Å². The molecule has 0 aliphatic heterocycles. The van der Waals surface area contributed by atoms with Crippen LogP contribution in [0, 0.1) is 0 Å². The van der Waals surface area contributed by atoms with Crippen molar-refractivity contribution in [3.8, 4) is 0 Å². The molecule has 2 rings (SSSR count). The summed E-state index contributed by atoms with van der Waals surface area (Å²) in [4.78, 5) is 11.6. The van der Waals surface area contributed by atoms with Crippen molar-refractivity contribution in [1.29, 1.82) is 0 Å². The maximum absolute atomic E-state index is 11.6. The maximum Gasteiger partial charge on any atom is 0.231 e. The van der Waals surface area contributed by atoms with Crippen molar-refractivity contribution in [2.45, 2.75) is 17.3 Å². The Labute approximate surface area is 107 Å². The maximum atomic E-state index is 11.6. The number of hydrogen-bond donors (Lipinski definition) is 1. The predicted octanol–water partition coefficient (Wildman–Crippen LogP) is 2.10. The molecular formula is C10H11N3O2S2. The smallest absolute Gasteiger partial charge is 0.231 e. The quantitative estimate of drug-likeness (QED) is 0.842. The van der Waals surface area contributed by atoms with Gasteiger partial charge in [0.05, 0.1) is 18.1 Å². The number of carbonyl (C=O) groups excluding carboxylic acids is 1. The highest BCUT2D eigenvalue weighted by atomic mass is 32.2. The summed E-state index contributed by atoms with van der Waals surface area (Å²) in [7, 11) is 0. The van der Waals surface area contributed by atoms with Crippen LogP contribution >= 0.6 is 23.1 Å². The number of carbonyl (C=O) groups is 1. The molecule has 0 aliphatic rings. The van der Waals surface area contributed by atoms with E-state index < -0.39 is 0 Å². The molecule has 2 aromatic heterocycles. The molecule has 5 nitrogen and oxygen atoms in total. The van der Waals surface area contributed by atoms with E-state index in [0.717, 1.165) is 10.1 Å². The van der Waals surface area contributed by atoms with Gasteiger partial charge in [-0.3, -0.25) is 4.79 Å². The van der Waals surface area contributed by atoms with Crippen molar-refractivity contribution < 1.29 is 9.21 Å². The molecule has 1 N–H and O–H groups in total. The summed E-state index contributed by atoms with van der Waals surface area (Å²) in [5.74, 6) is 1.04. The van der Waals surface area contributed by atoms with Gasteiger partial charge in [0.25, 0.3) is 0 Å². The zero-order chi connectivity index (χ0) is 12.1. The number of aromatic nitrogens is 2. The van der Waals surface area contributed by atoms with E-state index in [1.165, 1.54) is 23.1 Å². The number of amides is 1. The second kappa shape index (κ2) is 5.83. The Morgan fingerprint density at radius 1 is 1.71 bits per heavy atom. The molecule has 0 bridgehead atoms. The van der Waals surface area contributed by atoms with Gasteiger partial charge in [-0.05, 0) is 19.1 Å². The number of furan rings is 1. The van der Waals surface area contributed by atoms with Crippen LogP contribution in [0.2, 0.25) is 0 Å². The summed E-state index contributed by atoms with van der Waals surface area (Å²) in [5, 5.41) is 10.4. The SMILES string of the molecule is CC(NC(=O)CSc1nncs1)c1ccco1. The fraction of sp³-hybridized carbons (Fsp3) is 0.300. The molecule has 7 heteroatoms. The summed E-state index contributed by atoms with van der Waals surface area (Å²) in [6, 6.07) is 3.52. The van der Waals surface area contributed by atoms with Crippen LogP contribution < -0.4 is 5.32 Å². The molecule has 0 radical (unpaired) electrons. The summed E-state index contributed by atoms with van der Waals surface area (Å²) in [5.41, 5.74) is 1.64. The van der Waals surface area contributed by atoms with Crippen LogP contribution in [0.3, 0.4) is 0 Å². The molecule has 17 heavy (non-hydrogen) atoms. The molecule has 2 heterocycles. The minimum absolute atomic E-state index is 0.0471. The molecule has 90 valence electrons. The first-order valence-corrected chi connectivity index (χ1v) is 6.84. The molecule has 0 aromatic carbocycles. The third-order valence-corrected chi connectivity index (χ3v) is 3.87. The van der Waals surface area contributed by atoms with Gasteiger partial charge in [0.15, 0.2) is 4.34 Å². The zero-order valence-corrected chi connectivity index (χ0v) is 10.8. The molecule has 1 unspecified atom stereocenters. The van der Waals surface area contributed by atoms with Crippen molar-refractivity contribution in [3.05, 3.63) is 29.7 Å². The zero-order valence-electron chi connectivity index (χ0n) is 9.12. The monoisotopic (exact) mass is 269 g/mol. The van der Waals surface area contributed by atoms with Crippen molar-refractivity contribution >= 4 is 29.0 Å². The molecule has 2 aromatic rings. The first-order valence-electron chi connectivity index (χ1n) is 4.97. The van der Waals surface area contributed by atoms with Crippen molar-refractivity contribution in [2.75, 3.05) is 5.75 Å². The van der Waals surface area contributed by atoms with Gasteiger partial charge in [-0.25, -0.2) is 0 Å². The highest BCUT2D eigenvalue weighted by molar-refractivity contribution is 8.01. The fourth-order valence-electron chi connectivity index (χ4n) is 1.25. The fourth-order valence-corrected chi connectivity index (χ4v) is 2.54. The Hall–Kier alpha value is -1.34. The molecule has 1 amide bonds. The van der Waals surface area contributed by atoms with E-state index in [1.807, 2.05) is 13.0 Å². The number of thioether (sulfide) groups is 1. The van der Waals surface area contributed by atoms with E-state index >= 15 is 0 Å². The number of hydrogen-bond acceptors (Lipinski definition) is 6. The average molecular weight is 269 g/mol. The minimum atomic E-state index is -0.118. The Morgan fingerprint density at radius 3 is 3.24 bits per heavy atom. The van der Waals surface area contributed by atoms with Gasteiger partial charge in [0.2, 0.25) is 5.91 Å².